The molecule has 0 unspecified atom stereocenters. The van der Waals surface area contributed by atoms with Gasteiger partial charge in [-0.25, -0.2) is 4.98 Å². The molecular formula is C12H17N5O3. The molecule has 8 nitrogen and oxygen atoms in total. The molecule has 0 atom stereocenters. The number of fused-ring (bicyclic) bond motifs is 1. The highest BCUT2D eigenvalue weighted by Crippen LogP contribution is 2.34. The van der Waals surface area contributed by atoms with Crippen molar-refractivity contribution in [2.45, 2.75) is 20.8 Å². The number of aromatic nitrogens is 2. The van der Waals surface area contributed by atoms with Gasteiger partial charge < -0.3 is 20.8 Å². The molecule has 20 heavy (non-hydrogen) atoms. The van der Waals surface area contributed by atoms with Crippen LogP contribution in [-0.2, 0) is 4.79 Å². The minimum Gasteiger partial charge on any atom is -0.479 e. The number of carbonyl (C=O) groups is 1. The van der Waals surface area contributed by atoms with Crippen molar-refractivity contribution in [1.29, 1.82) is 0 Å². The highest BCUT2D eigenvalue weighted by atomic mass is 16.5. The maximum atomic E-state index is 12.1. The van der Waals surface area contributed by atoms with Gasteiger partial charge in [-0.05, 0) is 20.8 Å². The lowest BCUT2D eigenvalue weighted by atomic mass is 10.2. The van der Waals surface area contributed by atoms with Crippen LogP contribution in [0.15, 0.2) is 11.6 Å². The number of amides is 1. The van der Waals surface area contributed by atoms with Crippen LogP contribution in [-0.4, -0.2) is 39.2 Å². The highest BCUT2D eigenvalue weighted by Gasteiger charge is 2.33. The Hall–Kier alpha value is -2.51. The number of nitrogens with zero attached hydrogens (tertiary/aromatic N) is 3. The molecule has 0 aromatic carbocycles. The maximum absolute atomic E-state index is 12.1. The number of aliphatic hydroxyl groups excluding tert-OH is 1. The summed E-state index contributed by atoms with van der Waals surface area (Å²) in [4.78, 5) is 22.1. The van der Waals surface area contributed by atoms with Crippen molar-refractivity contribution >= 4 is 23.4 Å². The van der Waals surface area contributed by atoms with E-state index < -0.39 is 11.9 Å². The Kier molecular flexibility index (Phi) is 3.64. The molecule has 0 radical (unpaired) electrons. The van der Waals surface area contributed by atoms with Gasteiger partial charge >= 0.3 is 5.95 Å². The molecule has 8 heteroatoms. The maximum Gasteiger partial charge on any atom is 0.304 e. The van der Waals surface area contributed by atoms with Gasteiger partial charge in [-0.2, -0.15) is 4.98 Å². The Morgan fingerprint density at radius 3 is 2.60 bits per heavy atom. The lowest BCUT2D eigenvalue weighted by Crippen LogP contribution is -2.40. The van der Waals surface area contributed by atoms with Gasteiger partial charge in [0.25, 0.3) is 5.91 Å². The van der Waals surface area contributed by atoms with E-state index in [0.29, 0.717) is 36.2 Å². The summed E-state index contributed by atoms with van der Waals surface area (Å²) in [6, 6.07) is 0. The topological polar surface area (TPSA) is 111 Å². The molecule has 2 rings (SSSR count). The monoisotopic (exact) mass is 279 g/mol. The van der Waals surface area contributed by atoms with E-state index in [1.54, 1.807) is 13.8 Å². The van der Waals surface area contributed by atoms with Crippen LogP contribution in [0, 0.1) is 6.92 Å². The standard InChI is InChI=1S/C12H17N5O3/c1-4-13-12-14-6(3)7-9(16-12)17(5-2)10(18)8(15-7)11(19)20/h15,19-20H,4-5H2,1-3H3,(H,13,14,16). The summed E-state index contributed by atoms with van der Waals surface area (Å²) in [5.74, 6) is -0.738. The van der Waals surface area contributed by atoms with E-state index in [1.165, 1.54) is 4.90 Å². The minimum absolute atomic E-state index is 0.276. The molecule has 1 aromatic heterocycles. The summed E-state index contributed by atoms with van der Waals surface area (Å²) in [7, 11) is 0. The number of aryl methyl sites for hydroxylation is 1. The summed E-state index contributed by atoms with van der Waals surface area (Å²) in [6.45, 7) is 6.47. The SMILES string of the molecule is CCNc1nc(C)c2c(n1)N(CC)C(=O)C(=C(O)O)N2. The highest BCUT2D eigenvalue weighted by molar-refractivity contribution is 6.12. The molecule has 4 N–H and O–H groups in total. The van der Waals surface area contributed by atoms with Gasteiger partial charge in [0.15, 0.2) is 11.5 Å². The van der Waals surface area contributed by atoms with Crippen LogP contribution in [0.4, 0.5) is 17.5 Å². The second-order valence-electron chi connectivity index (χ2n) is 4.23. The Morgan fingerprint density at radius 2 is 2.05 bits per heavy atom. The molecule has 0 saturated heterocycles. The molecule has 1 aliphatic heterocycles. The second-order valence-corrected chi connectivity index (χ2v) is 4.23. The fraction of sp³-hybridized carbons (Fsp3) is 0.417. The number of carbonyl (C=O) groups excluding carboxylic acids is 1. The molecule has 2 heterocycles. The van der Waals surface area contributed by atoms with Gasteiger partial charge in [-0.1, -0.05) is 0 Å². The quantitative estimate of drug-likeness (QED) is 0.487. The van der Waals surface area contributed by atoms with Crippen LogP contribution >= 0.6 is 0 Å². The summed E-state index contributed by atoms with van der Waals surface area (Å²) < 4.78 is 0. The zero-order chi connectivity index (χ0) is 14.9. The fourth-order valence-electron chi connectivity index (χ4n) is 1.99. The van der Waals surface area contributed by atoms with Gasteiger partial charge in [0.2, 0.25) is 5.95 Å². The molecule has 0 spiro atoms. The summed E-state index contributed by atoms with van der Waals surface area (Å²) >= 11 is 0. The molecule has 108 valence electrons. The second kappa shape index (κ2) is 5.24. The third-order valence-corrected chi connectivity index (χ3v) is 2.91. The van der Waals surface area contributed by atoms with E-state index in [1.807, 2.05) is 6.92 Å². The number of nitrogens with one attached hydrogen (secondary N) is 2. The van der Waals surface area contributed by atoms with Crippen molar-refractivity contribution in [3.63, 3.8) is 0 Å². The van der Waals surface area contributed by atoms with Crippen molar-refractivity contribution in [3.8, 4) is 0 Å². The normalized spacial score (nSPS) is 13.8. The summed E-state index contributed by atoms with van der Waals surface area (Å²) in [5, 5.41) is 24.1. The molecule has 0 fully saturated rings. The van der Waals surface area contributed by atoms with Crippen molar-refractivity contribution in [1.82, 2.24) is 9.97 Å². The van der Waals surface area contributed by atoms with Crippen molar-refractivity contribution in [3.05, 3.63) is 17.3 Å². The Morgan fingerprint density at radius 1 is 1.35 bits per heavy atom. The largest absolute Gasteiger partial charge is 0.479 e. The fourth-order valence-corrected chi connectivity index (χ4v) is 1.99. The van der Waals surface area contributed by atoms with Crippen LogP contribution in [0.1, 0.15) is 19.5 Å². The van der Waals surface area contributed by atoms with E-state index in [2.05, 4.69) is 20.6 Å². The lowest BCUT2D eigenvalue weighted by Gasteiger charge is -2.30. The number of aliphatic hydroxyl groups is 2. The Balaban J connectivity index is 2.59. The van der Waals surface area contributed by atoms with Crippen LogP contribution in [0.2, 0.25) is 0 Å². The first-order valence-corrected chi connectivity index (χ1v) is 6.33. The van der Waals surface area contributed by atoms with Gasteiger partial charge in [0.1, 0.15) is 5.69 Å². The number of likely N-dealkylation sites (N-methyl/N-ethyl adjacent to an activating group) is 1. The average molecular weight is 279 g/mol. The van der Waals surface area contributed by atoms with Crippen LogP contribution in [0.25, 0.3) is 0 Å². The predicted molar refractivity (Wildman–Crippen MR) is 74.9 cm³/mol. The average Bonchev–Trinajstić information content (AvgIpc) is 2.38. The van der Waals surface area contributed by atoms with Crippen LogP contribution in [0.5, 0.6) is 0 Å². The van der Waals surface area contributed by atoms with Crippen molar-refractivity contribution < 1.29 is 15.0 Å². The first-order chi connectivity index (χ1) is 9.49. The zero-order valence-electron chi connectivity index (χ0n) is 11.6. The molecule has 0 aliphatic carbocycles. The Bertz CT molecular complexity index is 581. The predicted octanol–water partition coefficient (Wildman–Crippen LogP) is 1.28. The van der Waals surface area contributed by atoms with Crippen LogP contribution < -0.4 is 15.5 Å². The Labute approximate surface area is 116 Å². The molecule has 1 amide bonds. The van der Waals surface area contributed by atoms with Gasteiger partial charge in [-0.3, -0.25) is 9.69 Å². The molecule has 1 aliphatic rings. The van der Waals surface area contributed by atoms with Gasteiger partial charge in [0.05, 0.1) is 5.69 Å². The number of hydrogen-bond donors (Lipinski definition) is 4. The molecule has 0 bridgehead atoms. The third kappa shape index (κ3) is 2.20. The smallest absolute Gasteiger partial charge is 0.304 e. The number of anilines is 3. The van der Waals surface area contributed by atoms with E-state index in [0.717, 1.165) is 0 Å². The molecule has 0 saturated carbocycles. The third-order valence-electron chi connectivity index (χ3n) is 2.91. The van der Waals surface area contributed by atoms with Crippen LogP contribution in [0.3, 0.4) is 0 Å². The van der Waals surface area contributed by atoms with Crippen molar-refractivity contribution in [2.24, 2.45) is 0 Å². The molecule has 1 aromatic rings. The number of hydrogen-bond acceptors (Lipinski definition) is 7. The zero-order valence-corrected chi connectivity index (χ0v) is 11.6. The first kappa shape index (κ1) is 13.9. The van der Waals surface area contributed by atoms with E-state index in [4.69, 9.17) is 0 Å². The molecular weight excluding hydrogens is 262 g/mol. The summed E-state index contributed by atoms with van der Waals surface area (Å²) in [5.41, 5.74) is 0.821. The van der Waals surface area contributed by atoms with Crippen molar-refractivity contribution in [2.75, 3.05) is 28.6 Å². The first-order valence-electron chi connectivity index (χ1n) is 6.33. The van der Waals surface area contributed by atoms with E-state index in [-0.39, 0.29) is 5.70 Å². The lowest BCUT2D eigenvalue weighted by molar-refractivity contribution is -0.115. The summed E-state index contributed by atoms with van der Waals surface area (Å²) in [6.07, 6.45) is 0. The van der Waals surface area contributed by atoms with Gasteiger partial charge in [-0.15, -0.1) is 0 Å². The van der Waals surface area contributed by atoms with Gasteiger partial charge in [0, 0.05) is 13.1 Å². The van der Waals surface area contributed by atoms with E-state index >= 15 is 0 Å². The minimum atomic E-state index is -1.05. The van der Waals surface area contributed by atoms with E-state index in [9.17, 15) is 15.0 Å². The number of rotatable bonds is 3.